The van der Waals surface area contributed by atoms with E-state index in [1.807, 2.05) is 99.2 Å². The summed E-state index contributed by atoms with van der Waals surface area (Å²) in [6.07, 6.45) is 9.65. The largest absolute Gasteiger partial charge is 0.490 e. The van der Waals surface area contributed by atoms with Crippen LogP contribution in [0.15, 0.2) is 91.0 Å². The van der Waals surface area contributed by atoms with Crippen LogP contribution in [0.25, 0.3) is 32.2 Å². The number of benzene rings is 4. The number of thiazole rings is 1. The number of aryl methyl sites for hydroxylation is 1. The molecule has 0 radical (unpaired) electrons. The molecule has 6 heterocycles. The number of carbonyl (C=O) groups is 4. The number of nitrogens with one attached hydrogen (secondary N) is 2. The van der Waals surface area contributed by atoms with Gasteiger partial charge >= 0.3 is 5.97 Å². The van der Waals surface area contributed by atoms with E-state index >= 15 is 0 Å². The van der Waals surface area contributed by atoms with Crippen molar-refractivity contribution in [1.82, 2.24) is 30.0 Å². The highest BCUT2D eigenvalue weighted by atomic mass is 32.1. The number of anilines is 3. The number of piperazine rings is 1. The molecule has 3 amide bonds. The standard InChI is InChI=1S/C62H71N9O6S/c1-38-36-70(42-22-25-47-51(35-42)68(6)67-56(47)48-27-29-55(72)65-59(48)74)34-33-69(38)31-10-9-13-40-20-23-43(24-21-40)76-52-18-12-15-44(39(52)2)45-26-28-54(64-57(45)60(75)77-62(3,4)5)71-32-30-41-14-11-16-46(49(41)37-71)58(73)66-61-63-50-17-7-8-19-53(50)78-61/h7-8,11-12,14-19,22,25-26,28,35,38,40,43,48H,9-10,13,20-21,23-24,27,29-34,36-37H2,1-6H3,(H,63,66,73)(H,65,72,74)/t38-,40?,43?,48?/m1/s1. The number of carbonyl (C=O) groups excluding carboxylic acids is 4. The minimum atomic E-state index is -0.731. The van der Waals surface area contributed by atoms with Gasteiger partial charge in [-0.3, -0.25) is 34.6 Å². The molecule has 2 N–H and O–H groups in total. The predicted molar refractivity (Wildman–Crippen MR) is 308 cm³/mol. The van der Waals surface area contributed by atoms with Crippen molar-refractivity contribution < 1.29 is 28.7 Å². The van der Waals surface area contributed by atoms with Crippen molar-refractivity contribution in [2.24, 2.45) is 13.0 Å². The normalized spacial score (nSPS) is 20.2. The van der Waals surface area contributed by atoms with E-state index in [1.54, 1.807) is 0 Å². The first-order chi connectivity index (χ1) is 37.6. The summed E-state index contributed by atoms with van der Waals surface area (Å²) in [5, 5.41) is 11.8. The van der Waals surface area contributed by atoms with E-state index in [-0.39, 0.29) is 29.5 Å². The van der Waals surface area contributed by atoms with Gasteiger partial charge < -0.3 is 19.3 Å². The Hall–Kier alpha value is -7.17. The fraction of sp³-hybridized carbons (Fsp3) is 0.435. The lowest BCUT2D eigenvalue weighted by atomic mass is 9.84. The van der Waals surface area contributed by atoms with Crippen molar-refractivity contribution in [2.45, 2.75) is 129 Å². The summed E-state index contributed by atoms with van der Waals surface area (Å²) in [6, 6.07) is 30.6. The molecule has 1 saturated carbocycles. The van der Waals surface area contributed by atoms with Crippen LogP contribution in [0.1, 0.15) is 135 Å². The molecule has 1 aliphatic carbocycles. The Morgan fingerprint density at radius 1 is 0.846 bits per heavy atom. The number of esters is 1. The number of hydrogen-bond acceptors (Lipinski definition) is 13. The van der Waals surface area contributed by atoms with Crippen molar-refractivity contribution in [3.05, 3.63) is 125 Å². The van der Waals surface area contributed by atoms with E-state index in [9.17, 15) is 19.2 Å². The number of amides is 3. The van der Waals surface area contributed by atoms with E-state index < -0.39 is 17.5 Å². The van der Waals surface area contributed by atoms with Crippen molar-refractivity contribution >= 4 is 72.8 Å². The van der Waals surface area contributed by atoms with E-state index in [2.05, 4.69) is 68.4 Å². The molecule has 3 aromatic heterocycles. The number of hydrogen-bond donors (Lipinski definition) is 2. The van der Waals surface area contributed by atoms with Crippen molar-refractivity contribution in [2.75, 3.05) is 47.8 Å². The van der Waals surface area contributed by atoms with Crippen LogP contribution in [-0.4, -0.2) is 98.8 Å². The second-order valence-corrected chi connectivity index (χ2v) is 23.9. The van der Waals surface area contributed by atoms with Gasteiger partial charge in [0.2, 0.25) is 11.8 Å². The highest BCUT2D eigenvalue weighted by Crippen LogP contribution is 2.39. The van der Waals surface area contributed by atoms with Gasteiger partial charge in [0.25, 0.3) is 5.91 Å². The number of ether oxygens (including phenoxy) is 2. The van der Waals surface area contributed by atoms with Crippen LogP contribution < -0.4 is 25.2 Å². The van der Waals surface area contributed by atoms with Gasteiger partial charge in [0.1, 0.15) is 17.2 Å². The lowest BCUT2D eigenvalue weighted by Gasteiger charge is -2.41. The zero-order valence-electron chi connectivity index (χ0n) is 45.8. The van der Waals surface area contributed by atoms with E-state index in [4.69, 9.17) is 19.6 Å². The highest BCUT2D eigenvalue weighted by molar-refractivity contribution is 7.22. The number of para-hydroxylation sites is 1. The number of pyridine rings is 1. The van der Waals surface area contributed by atoms with Gasteiger partial charge in [0.15, 0.2) is 10.8 Å². The summed E-state index contributed by atoms with van der Waals surface area (Å²) in [6.45, 7) is 15.2. The van der Waals surface area contributed by atoms with E-state index in [0.717, 1.165) is 113 Å². The summed E-state index contributed by atoms with van der Waals surface area (Å²) in [4.78, 5) is 69.4. The lowest BCUT2D eigenvalue weighted by molar-refractivity contribution is -0.134. The van der Waals surface area contributed by atoms with Gasteiger partial charge in [-0.2, -0.15) is 5.10 Å². The summed E-state index contributed by atoms with van der Waals surface area (Å²) >= 11 is 1.45. The Kier molecular flexibility index (Phi) is 15.1. The average Bonchev–Trinajstić information content (AvgIpc) is 4.14. The zero-order chi connectivity index (χ0) is 54.2. The molecule has 406 valence electrons. The Morgan fingerprint density at radius 2 is 1.67 bits per heavy atom. The maximum absolute atomic E-state index is 14.1. The Morgan fingerprint density at radius 3 is 2.46 bits per heavy atom. The smallest absolute Gasteiger partial charge is 0.358 e. The Balaban J connectivity index is 0.682. The molecule has 0 spiro atoms. The van der Waals surface area contributed by atoms with Crippen LogP contribution in [0.2, 0.25) is 0 Å². The third-order valence-corrected chi connectivity index (χ3v) is 17.3. The van der Waals surface area contributed by atoms with Gasteiger partial charge in [0, 0.05) is 74.4 Å². The minimum Gasteiger partial charge on any atom is -0.490 e. The number of fused-ring (bicyclic) bond motifs is 3. The molecule has 2 saturated heterocycles. The molecule has 78 heavy (non-hydrogen) atoms. The van der Waals surface area contributed by atoms with Crippen LogP contribution in [0.5, 0.6) is 5.75 Å². The first-order valence-corrected chi connectivity index (χ1v) is 28.8. The van der Waals surface area contributed by atoms with Crippen LogP contribution >= 0.6 is 11.3 Å². The lowest BCUT2D eigenvalue weighted by Crippen LogP contribution is -2.52. The van der Waals surface area contributed by atoms with Gasteiger partial charge in [-0.15, -0.1) is 0 Å². The van der Waals surface area contributed by atoms with Crippen molar-refractivity contribution in [3.63, 3.8) is 0 Å². The van der Waals surface area contributed by atoms with Gasteiger partial charge in [-0.25, -0.2) is 14.8 Å². The molecular weight excluding hydrogens is 999 g/mol. The molecule has 15 nitrogen and oxygen atoms in total. The molecule has 0 bridgehead atoms. The second kappa shape index (κ2) is 22.3. The number of rotatable bonds is 14. The predicted octanol–water partition coefficient (Wildman–Crippen LogP) is 11.2. The molecule has 11 rings (SSSR count). The molecule has 7 aromatic rings. The maximum atomic E-state index is 14.1. The van der Waals surface area contributed by atoms with E-state index in [0.29, 0.717) is 60.0 Å². The third kappa shape index (κ3) is 11.4. The molecule has 1 unspecified atom stereocenters. The molecule has 3 fully saturated rings. The molecular formula is C62H71N9O6S. The third-order valence-electron chi connectivity index (χ3n) is 16.4. The van der Waals surface area contributed by atoms with Gasteiger partial charge in [-0.05, 0) is 169 Å². The molecule has 16 heteroatoms. The van der Waals surface area contributed by atoms with Crippen LogP contribution in [-0.2, 0) is 34.3 Å². The molecule has 4 aromatic carbocycles. The van der Waals surface area contributed by atoms with Crippen molar-refractivity contribution in [3.8, 4) is 16.9 Å². The highest BCUT2D eigenvalue weighted by Gasteiger charge is 2.33. The summed E-state index contributed by atoms with van der Waals surface area (Å²) in [7, 11) is 1.93. The van der Waals surface area contributed by atoms with Crippen LogP contribution in [0, 0.1) is 12.8 Å². The average molecular weight is 1070 g/mol. The van der Waals surface area contributed by atoms with Gasteiger partial charge in [0.05, 0.1) is 33.4 Å². The quantitative estimate of drug-likeness (QED) is 0.0603. The first kappa shape index (κ1) is 52.9. The molecule has 4 aliphatic rings. The minimum absolute atomic E-state index is 0.124. The Bertz CT molecular complexity index is 3380. The fourth-order valence-electron chi connectivity index (χ4n) is 12.1. The number of unbranched alkanes of at least 4 members (excludes halogenated alkanes) is 1. The fourth-order valence-corrected chi connectivity index (χ4v) is 13.0. The van der Waals surface area contributed by atoms with Crippen LogP contribution in [0.3, 0.4) is 0 Å². The zero-order valence-corrected chi connectivity index (χ0v) is 46.6. The number of aromatic nitrogens is 4. The SMILES string of the molecule is Cc1c(OC2CCC(CCCCN3CCN(c4ccc5c(C6CCC(=O)NC6=O)nn(C)c5c4)C[C@H]3C)CC2)cccc1-c1ccc(N2CCc3cccc(C(=O)Nc4nc5ccccc5s4)c3C2)nc1C(=O)OC(C)(C)C. The van der Waals surface area contributed by atoms with Crippen LogP contribution in [0.4, 0.5) is 16.6 Å². The topological polar surface area (TPSA) is 164 Å². The summed E-state index contributed by atoms with van der Waals surface area (Å²) in [5.41, 5.74) is 8.46. The number of piperidine rings is 1. The summed E-state index contributed by atoms with van der Waals surface area (Å²) in [5.74, 6) is 0.593. The van der Waals surface area contributed by atoms with E-state index in [1.165, 1.54) is 36.3 Å². The maximum Gasteiger partial charge on any atom is 0.358 e. The van der Waals surface area contributed by atoms with Crippen molar-refractivity contribution in [1.29, 1.82) is 0 Å². The summed E-state index contributed by atoms with van der Waals surface area (Å²) < 4.78 is 15.7. The number of nitrogens with zero attached hydrogens (tertiary/aromatic N) is 7. The molecule has 2 atom stereocenters. The number of imide groups is 1. The monoisotopic (exact) mass is 1070 g/mol. The molecule has 3 aliphatic heterocycles. The van der Waals surface area contributed by atoms with Gasteiger partial charge in [-0.1, -0.05) is 60.6 Å². The Labute approximate surface area is 460 Å². The second-order valence-electron chi connectivity index (χ2n) is 22.9. The first-order valence-electron chi connectivity index (χ1n) is 28.0.